The van der Waals surface area contributed by atoms with Gasteiger partial charge in [-0.3, -0.25) is 9.88 Å². The van der Waals surface area contributed by atoms with Crippen molar-refractivity contribution in [1.29, 1.82) is 0 Å². The molecular formula is C19H23N5O3. The molecule has 0 aromatic carbocycles. The first-order valence-electron chi connectivity index (χ1n) is 9.32. The van der Waals surface area contributed by atoms with E-state index in [1.807, 2.05) is 0 Å². The van der Waals surface area contributed by atoms with Gasteiger partial charge in [-0.05, 0) is 44.1 Å². The minimum absolute atomic E-state index is 0.136. The summed E-state index contributed by atoms with van der Waals surface area (Å²) >= 11 is 0. The molecule has 2 aliphatic rings. The van der Waals surface area contributed by atoms with Gasteiger partial charge in [-0.2, -0.15) is 0 Å². The maximum atomic E-state index is 11.2. The summed E-state index contributed by atoms with van der Waals surface area (Å²) in [4.78, 5) is 26.8. The first-order chi connectivity index (χ1) is 13.2. The quantitative estimate of drug-likeness (QED) is 0.824. The Morgan fingerprint density at radius 2 is 1.93 bits per heavy atom. The fraction of sp³-hybridized carbons (Fsp3) is 0.474. The molecule has 8 heteroatoms. The van der Waals surface area contributed by atoms with E-state index in [9.17, 15) is 4.79 Å². The van der Waals surface area contributed by atoms with Crippen LogP contribution in [-0.2, 0) is 4.74 Å². The molecule has 8 nitrogen and oxygen atoms in total. The van der Waals surface area contributed by atoms with Crippen molar-refractivity contribution < 1.29 is 14.6 Å². The van der Waals surface area contributed by atoms with Crippen LogP contribution in [-0.4, -0.2) is 69.3 Å². The molecule has 142 valence electrons. The number of carbonyl (C=O) groups is 1. The van der Waals surface area contributed by atoms with Gasteiger partial charge in [-0.15, -0.1) is 0 Å². The summed E-state index contributed by atoms with van der Waals surface area (Å²) in [5.74, 6) is -0.480. The molecule has 0 spiro atoms. The number of aromatic nitrogens is 3. The number of likely N-dealkylation sites (tertiary alicyclic amines) is 1. The minimum atomic E-state index is -0.987. The van der Waals surface area contributed by atoms with E-state index in [1.54, 1.807) is 12.3 Å². The number of rotatable bonds is 5. The van der Waals surface area contributed by atoms with Crippen LogP contribution in [0.4, 0.5) is 5.95 Å². The number of carboxylic acids is 1. The zero-order valence-electron chi connectivity index (χ0n) is 15.0. The summed E-state index contributed by atoms with van der Waals surface area (Å²) in [6.45, 7) is 3.57. The smallest absolute Gasteiger partial charge is 0.335 e. The van der Waals surface area contributed by atoms with Gasteiger partial charge in [0.25, 0.3) is 0 Å². The van der Waals surface area contributed by atoms with Crippen LogP contribution >= 0.6 is 0 Å². The number of piperidine rings is 1. The Labute approximate surface area is 157 Å². The van der Waals surface area contributed by atoms with Gasteiger partial charge in [0.1, 0.15) is 0 Å². The van der Waals surface area contributed by atoms with Gasteiger partial charge >= 0.3 is 5.97 Å². The second-order valence-corrected chi connectivity index (χ2v) is 6.95. The Balaban J connectivity index is 1.51. The number of ether oxygens (including phenoxy) is 1. The summed E-state index contributed by atoms with van der Waals surface area (Å²) in [5, 5.41) is 12.6. The molecule has 0 saturated carbocycles. The van der Waals surface area contributed by atoms with E-state index in [2.05, 4.69) is 25.2 Å². The predicted molar refractivity (Wildman–Crippen MR) is 99.7 cm³/mol. The largest absolute Gasteiger partial charge is 0.478 e. The van der Waals surface area contributed by atoms with Crippen molar-refractivity contribution in [3.63, 3.8) is 0 Å². The predicted octanol–water partition coefficient (Wildman–Crippen LogP) is 1.90. The molecule has 0 bridgehead atoms. The van der Waals surface area contributed by atoms with Crippen molar-refractivity contribution in [2.45, 2.75) is 31.3 Å². The van der Waals surface area contributed by atoms with Gasteiger partial charge in [0.15, 0.2) is 0 Å². The highest BCUT2D eigenvalue weighted by Crippen LogP contribution is 2.22. The summed E-state index contributed by atoms with van der Waals surface area (Å²) < 4.78 is 5.71. The first kappa shape index (κ1) is 17.8. The van der Waals surface area contributed by atoms with E-state index < -0.39 is 5.97 Å². The molecule has 2 aliphatic heterocycles. The zero-order valence-corrected chi connectivity index (χ0v) is 15.0. The van der Waals surface area contributed by atoms with Gasteiger partial charge in [-0.25, -0.2) is 14.8 Å². The van der Waals surface area contributed by atoms with Gasteiger partial charge in [0.2, 0.25) is 5.95 Å². The van der Waals surface area contributed by atoms with Crippen molar-refractivity contribution in [2.75, 3.05) is 31.6 Å². The van der Waals surface area contributed by atoms with E-state index in [1.165, 1.54) is 37.6 Å². The molecule has 2 fully saturated rings. The van der Waals surface area contributed by atoms with Crippen LogP contribution in [0.1, 0.15) is 29.6 Å². The van der Waals surface area contributed by atoms with Crippen LogP contribution in [0, 0.1) is 0 Å². The lowest BCUT2D eigenvalue weighted by Gasteiger charge is -2.34. The van der Waals surface area contributed by atoms with Crippen LogP contribution in [0.5, 0.6) is 0 Å². The Hall–Kier alpha value is -2.58. The molecule has 0 radical (unpaired) electrons. The second-order valence-electron chi connectivity index (χ2n) is 6.95. The Morgan fingerprint density at radius 3 is 2.74 bits per heavy atom. The monoisotopic (exact) mass is 369 g/mol. The molecule has 0 aliphatic carbocycles. The average Bonchev–Trinajstić information content (AvgIpc) is 3.17. The lowest BCUT2D eigenvalue weighted by Crippen LogP contribution is -2.48. The van der Waals surface area contributed by atoms with Crippen LogP contribution in [0.3, 0.4) is 0 Å². The molecule has 2 aromatic heterocycles. The fourth-order valence-electron chi connectivity index (χ4n) is 3.73. The van der Waals surface area contributed by atoms with Crippen molar-refractivity contribution in [1.82, 2.24) is 19.9 Å². The van der Waals surface area contributed by atoms with E-state index in [4.69, 9.17) is 9.84 Å². The number of hydrogen-bond acceptors (Lipinski definition) is 7. The Kier molecular flexibility index (Phi) is 5.26. The normalized spacial score (nSPS) is 23.3. The van der Waals surface area contributed by atoms with E-state index in [-0.39, 0.29) is 11.6 Å². The molecule has 2 N–H and O–H groups in total. The SMILES string of the molecule is O=C(O)c1ccnc(-c2ccnc(N[C@H]3COC[C@@H]3N3CCCCC3)n2)c1. The number of nitrogens with zero attached hydrogens (tertiary/aromatic N) is 4. The lowest BCUT2D eigenvalue weighted by molar-refractivity contribution is 0.0697. The lowest BCUT2D eigenvalue weighted by atomic mass is 10.1. The van der Waals surface area contributed by atoms with E-state index >= 15 is 0 Å². The number of anilines is 1. The maximum absolute atomic E-state index is 11.2. The van der Waals surface area contributed by atoms with E-state index in [0.717, 1.165) is 19.7 Å². The molecular weight excluding hydrogens is 346 g/mol. The fourth-order valence-corrected chi connectivity index (χ4v) is 3.73. The van der Waals surface area contributed by atoms with E-state index in [0.29, 0.717) is 30.0 Å². The van der Waals surface area contributed by atoms with Gasteiger partial charge < -0.3 is 15.2 Å². The standard InChI is InChI=1S/C19H23N5O3/c25-18(26)13-4-6-20-15(10-13)14-5-7-21-19(22-14)23-16-11-27-12-17(16)24-8-2-1-3-9-24/h4-7,10,16-17H,1-3,8-9,11-12H2,(H,25,26)(H,21,22,23)/t16-,17-/m0/s1. The highest BCUT2D eigenvalue weighted by atomic mass is 16.5. The summed E-state index contributed by atoms with van der Waals surface area (Å²) in [6, 6.07) is 5.17. The molecule has 0 unspecified atom stereocenters. The van der Waals surface area contributed by atoms with Gasteiger partial charge in [-0.1, -0.05) is 6.42 Å². The average molecular weight is 369 g/mol. The van der Waals surface area contributed by atoms with Crippen molar-refractivity contribution in [3.05, 3.63) is 36.2 Å². The first-order valence-corrected chi connectivity index (χ1v) is 9.32. The number of pyridine rings is 1. The van der Waals surface area contributed by atoms with Crippen molar-refractivity contribution in [2.24, 2.45) is 0 Å². The van der Waals surface area contributed by atoms with Crippen LogP contribution in [0.15, 0.2) is 30.6 Å². The Morgan fingerprint density at radius 1 is 1.11 bits per heavy atom. The van der Waals surface area contributed by atoms with Crippen molar-refractivity contribution in [3.8, 4) is 11.4 Å². The van der Waals surface area contributed by atoms with Crippen LogP contribution in [0.2, 0.25) is 0 Å². The molecule has 4 rings (SSSR count). The Bertz CT molecular complexity index is 809. The topological polar surface area (TPSA) is 100 Å². The zero-order chi connectivity index (χ0) is 18.6. The third-order valence-electron chi connectivity index (χ3n) is 5.15. The number of nitrogens with one attached hydrogen (secondary N) is 1. The molecule has 2 aromatic rings. The summed E-state index contributed by atoms with van der Waals surface area (Å²) in [7, 11) is 0. The highest BCUT2D eigenvalue weighted by molar-refractivity contribution is 5.88. The third kappa shape index (κ3) is 4.06. The summed E-state index contributed by atoms with van der Waals surface area (Å²) in [5.41, 5.74) is 1.28. The molecule has 2 atom stereocenters. The molecule has 27 heavy (non-hydrogen) atoms. The van der Waals surface area contributed by atoms with Gasteiger partial charge in [0.05, 0.1) is 42.2 Å². The highest BCUT2D eigenvalue weighted by Gasteiger charge is 2.34. The van der Waals surface area contributed by atoms with Crippen LogP contribution in [0.25, 0.3) is 11.4 Å². The number of carboxylic acid groups (broad SMARTS) is 1. The second kappa shape index (κ2) is 7.98. The third-order valence-corrected chi connectivity index (χ3v) is 5.15. The van der Waals surface area contributed by atoms with Crippen molar-refractivity contribution >= 4 is 11.9 Å². The molecule has 4 heterocycles. The minimum Gasteiger partial charge on any atom is -0.478 e. The number of hydrogen-bond donors (Lipinski definition) is 2. The number of aromatic carboxylic acids is 1. The van der Waals surface area contributed by atoms with Gasteiger partial charge in [0, 0.05) is 12.4 Å². The summed E-state index contributed by atoms with van der Waals surface area (Å²) in [6.07, 6.45) is 6.91. The maximum Gasteiger partial charge on any atom is 0.335 e. The molecule has 2 saturated heterocycles. The molecule has 0 amide bonds. The van der Waals surface area contributed by atoms with Crippen LogP contribution < -0.4 is 5.32 Å².